The first-order valence-electron chi connectivity index (χ1n) is 7.82. The van der Waals surface area contributed by atoms with Crippen LogP contribution in [0.3, 0.4) is 0 Å². The third kappa shape index (κ3) is 2.61. The highest BCUT2D eigenvalue weighted by Gasteiger charge is 2.39. The van der Waals surface area contributed by atoms with Gasteiger partial charge in [-0.15, -0.1) is 0 Å². The van der Waals surface area contributed by atoms with E-state index in [-0.39, 0.29) is 11.9 Å². The summed E-state index contributed by atoms with van der Waals surface area (Å²) in [5.41, 5.74) is 2.06. The number of ether oxygens (including phenoxy) is 1. The molecule has 1 aromatic carbocycles. The second-order valence-corrected chi connectivity index (χ2v) is 6.06. The average molecular weight is 303 g/mol. The molecule has 1 N–H and O–H groups in total. The van der Waals surface area contributed by atoms with Gasteiger partial charge in [0.05, 0.1) is 12.5 Å². The van der Waals surface area contributed by atoms with Crippen LogP contribution < -0.4 is 0 Å². The maximum atomic E-state index is 12.9. The van der Waals surface area contributed by atoms with Crippen LogP contribution in [0, 0.1) is 5.92 Å². The van der Waals surface area contributed by atoms with Gasteiger partial charge in [0.2, 0.25) is 0 Å². The number of piperidine rings is 1. The van der Waals surface area contributed by atoms with Gasteiger partial charge in [0.15, 0.2) is 6.10 Å². The predicted octanol–water partition coefficient (Wildman–Crippen LogP) is 2.01. The highest BCUT2D eigenvalue weighted by Crippen LogP contribution is 2.32. The highest BCUT2D eigenvalue weighted by atomic mass is 16.5. The number of rotatable bonds is 2. The Kier molecular flexibility index (Phi) is 4.16. The quantitative estimate of drug-likeness (QED) is 0.907. The lowest BCUT2D eigenvalue weighted by Gasteiger charge is -2.40. The smallest absolute Gasteiger partial charge is 0.308 e. The van der Waals surface area contributed by atoms with E-state index in [1.165, 1.54) is 0 Å². The van der Waals surface area contributed by atoms with Gasteiger partial charge >= 0.3 is 5.97 Å². The van der Waals surface area contributed by atoms with Crippen LogP contribution in [0.1, 0.15) is 37.0 Å². The van der Waals surface area contributed by atoms with Crippen LogP contribution in [0.5, 0.6) is 0 Å². The first-order valence-corrected chi connectivity index (χ1v) is 7.82. The van der Waals surface area contributed by atoms with Crippen molar-refractivity contribution in [2.24, 2.45) is 5.92 Å². The molecule has 3 atom stereocenters. The number of carboxylic acid groups (broad SMARTS) is 1. The number of likely N-dealkylation sites (tertiary alicyclic amines) is 1. The summed E-state index contributed by atoms with van der Waals surface area (Å²) in [7, 11) is 0. The SMILES string of the molecule is C[C@@H]1[C@H](C(=O)O)CCCN1C(=O)C1OCCc2ccccc21. The molecule has 1 amide bonds. The van der Waals surface area contributed by atoms with Crippen molar-refractivity contribution in [3.63, 3.8) is 0 Å². The number of hydrogen-bond acceptors (Lipinski definition) is 3. The molecule has 1 aromatic rings. The fourth-order valence-corrected chi connectivity index (χ4v) is 3.53. The van der Waals surface area contributed by atoms with E-state index in [2.05, 4.69) is 0 Å². The summed E-state index contributed by atoms with van der Waals surface area (Å²) in [6.07, 6.45) is 1.57. The third-order valence-electron chi connectivity index (χ3n) is 4.81. The molecule has 2 aliphatic heterocycles. The predicted molar refractivity (Wildman–Crippen MR) is 80.4 cm³/mol. The summed E-state index contributed by atoms with van der Waals surface area (Å²) >= 11 is 0. The van der Waals surface area contributed by atoms with E-state index in [0.29, 0.717) is 19.6 Å². The van der Waals surface area contributed by atoms with Crippen LogP contribution in [0.2, 0.25) is 0 Å². The zero-order valence-electron chi connectivity index (χ0n) is 12.7. The molecule has 1 unspecified atom stereocenters. The fraction of sp³-hybridized carbons (Fsp3) is 0.529. The number of fused-ring (bicyclic) bond motifs is 1. The van der Waals surface area contributed by atoms with Crippen LogP contribution in [0.4, 0.5) is 0 Å². The normalized spacial score (nSPS) is 28.0. The molecule has 0 spiro atoms. The van der Waals surface area contributed by atoms with E-state index in [1.807, 2.05) is 31.2 Å². The second-order valence-electron chi connectivity index (χ2n) is 6.06. The lowest BCUT2D eigenvalue weighted by molar-refractivity contribution is -0.155. The number of amides is 1. The Balaban J connectivity index is 1.84. The fourth-order valence-electron chi connectivity index (χ4n) is 3.53. The minimum atomic E-state index is -0.824. The van der Waals surface area contributed by atoms with Crippen molar-refractivity contribution in [1.82, 2.24) is 4.90 Å². The summed E-state index contributed by atoms with van der Waals surface area (Å²) in [5, 5.41) is 9.31. The van der Waals surface area contributed by atoms with Gasteiger partial charge in [-0.05, 0) is 37.3 Å². The van der Waals surface area contributed by atoms with Gasteiger partial charge < -0.3 is 14.7 Å². The molecule has 3 rings (SSSR count). The number of carboxylic acids is 1. The average Bonchev–Trinajstić information content (AvgIpc) is 2.53. The van der Waals surface area contributed by atoms with Gasteiger partial charge in [-0.1, -0.05) is 24.3 Å². The van der Waals surface area contributed by atoms with Crippen molar-refractivity contribution in [2.75, 3.05) is 13.2 Å². The summed E-state index contributed by atoms with van der Waals surface area (Å²) in [4.78, 5) is 25.9. The molecule has 1 saturated heterocycles. The second kappa shape index (κ2) is 6.08. The Morgan fingerprint density at radius 2 is 2.09 bits per heavy atom. The van der Waals surface area contributed by atoms with Gasteiger partial charge in [0.1, 0.15) is 0 Å². The van der Waals surface area contributed by atoms with E-state index >= 15 is 0 Å². The van der Waals surface area contributed by atoms with Gasteiger partial charge in [0, 0.05) is 12.6 Å². The number of hydrogen-bond donors (Lipinski definition) is 1. The van der Waals surface area contributed by atoms with Gasteiger partial charge in [-0.25, -0.2) is 0 Å². The number of benzene rings is 1. The molecule has 0 saturated carbocycles. The number of nitrogens with zero attached hydrogens (tertiary/aromatic N) is 1. The number of carbonyl (C=O) groups excluding carboxylic acids is 1. The molecule has 2 heterocycles. The maximum absolute atomic E-state index is 12.9. The standard InChI is InChI=1S/C17H21NO4/c1-11-13(17(20)21)7-4-9-18(11)16(19)15-14-6-3-2-5-12(14)8-10-22-15/h2-3,5-6,11,13,15H,4,7-10H2,1H3,(H,20,21)/t11-,13-,15?/m1/s1. The lowest BCUT2D eigenvalue weighted by Crippen LogP contribution is -2.51. The molecule has 1 fully saturated rings. The van der Waals surface area contributed by atoms with Crippen LogP contribution >= 0.6 is 0 Å². The van der Waals surface area contributed by atoms with Crippen LogP contribution in [0.15, 0.2) is 24.3 Å². The van der Waals surface area contributed by atoms with E-state index < -0.39 is 18.0 Å². The molecule has 0 aromatic heterocycles. The zero-order chi connectivity index (χ0) is 15.7. The van der Waals surface area contributed by atoms with Gasteiger partial charge in [-0.3, -0.25) is 9.59 Å². The van der Waals surface area contributed by atoms with Crippen LogP contribution in [0.25, 0.3) is 0 Å². The van der Waals surface area contributed by atoms with Gasteiger partial charge in [0.25, 0.3) is 5.91 Å². The summed E-state index contributed by atoms with van der Waals surface area (Å²) in [5.74, 6) is -1.42. The Labute approximate surface area is 129 Å². The van der Waals surface area contributed by atoms with Crippen molar-refractivity contribution in [2.45, 2.75) is 38.3 Å². The molecule has 0 radical (unpaired) electrons. The first kappa shape index (κ1) is 15.0. The summed E-state index contributed by atoms with van der Waals surface area (Å²) < 4.78 is 5.72. The Bertz CT molecular complexity index is 586. The molecule has 22 heavy (non-hydrogen) atoms. The summed E-state index contributed by atoms with van der Waals surface area (Å²) in [6, 6.07) is 7.54. The number of carbonyl (C=O) groups is 2. The number of aliphatic carboxylic acids is 1. The summed E-state index contributed by atoms with van der Waals surface area (Å²) in [6.45, 7) is 2.95. The molecule has 118 valence electrons. The Morgan fingerprint density at radius 1 is 1.32 bits per heavy atom. The molecule has 2 aliphatic rings. The molecule has 0 bridgehead atoms. The molecule has 5 heteroatoms. The topological polar surface area (TPSA) is 66.8 Å². The Morgan fingerprint density at radius 3 is 2.86 bits per heavy atom. The minimum absolute atomic E-state index is 0.106. The maximum Gasteiger partial charge on any atom is 0.308 e. The monoisotopic (exact) mass is 303 g/mol. The third-order valence-corrected chi connectivity index (χ3v) is 4.81. The Hall–Kier alpha value is -1.88. The van der Waals surface area contributed by atoms with Crippen molar-refractivity contribution in [3.8, 4) is 0 Å². The van der Waals surface area contributed by atoms with E-state index in [4.69, 9.17) is 4.74 Å². The van der Waals surface area contributed by atoms with Crippen molar-refractivity contribution in [1.29, 1.82) is 0 Å². The first-order chi connectivity index (χ1) is 10.6. The van der Waals surface area contributed by atoms with Crippen molar-refractivity contribution >= 4 is 11.9 Å². The van der Waals surface area contributed by atoms with E-state index in [1.54, 1.807) is 4.90 Å². The largest absolute Gasteiger partial charge is 0.481 e. The van der Waals surface area contributed by atoms with Gasteiger partial charge in [-0.2, -0.15) is 0 Å². The molecular weight excluding hydrogens is 282 g/mol. The van der Waals surface area contributed by atoms with E-state index in [0.717, 1.165) is 24.0 Å². The zero-order valence-corrected chi connectivity index (χ0v) is 12.7. The van der Waals surface area contributed by atoms with Crippen LogP contribution in [-0.2, 0) is 20.7 Å². The van der Waals surface area contributed by atoms with Crippen LogP contribution in [-0.4, -0.2) is 41.1 Å². The lowest BCUT2D eigenvalue weighted by atomic mass is 9.89. The van der Waals surface area contributed by atoms with Crippen molar-refractivity contribution in [3.05, 3.63) is 35.4 Å². The molecule has 0 aliphatic carbocycles. The highest BCUT2D eigenvalue weighted by molar-refractivity contribution is 5.84. The van der Waals surface area contributed by atoms with E-state index in [9.17, 15) is 14.7 Å². The minimum Gasteiger partial charge on any atom is -0.481 e. The van der Waals surface area contributed by atoms with Crippen molar-refractivity contribution < 1.29 is 19.4 Å². The molecule has 5 nitrogen and oxygen atoms in total. The molecular formula is C17H21NO4.